The number of esters is 1. The highest BCUT2D eigenvalue weighted by Crippen LogP contribution is 2.48. The van der Waals surface area contributed by atoms with Crippen LogP contribution in [0.15, 0.2) is 59.5 Å². The SMILES string of the molecule is C[C@H](N[P@](=O)(OC[C@H]1O[C@@H](n2ccc(=O)[nH]c2=S)C(C)(O)[C@H]1O)Oc1cccc2ccccc12)C(=O)OC1CCCC1. The van der Waals surface area contributed by atoms with Crippen LogP contribution in [-0.2, 0) is 23.4 Å². The number of aliphatic hydroxyl groups is 2. The molecule has 5 rings (SSSR count). The number of hydrogen-bond acceptors (Lipinski definition) is 10. The van der Waals surface area contributed by atoms with E-state index < -0.39 is 56.0 Å². The third-order valence-corrected chi connectivity index (χ3v) is 9.47. The first kappa shape index (κ1) is 30.6. The zero-order valence-corrected chi connectivity index (χ0v) is 24.9. The van der Waals surface area contributed by atoms with E-state index in [2.05, 4.69) is 10.1 Å². The van der Waals surface area contributed by atoms with E-state index >= 15 is 0 Å². The molecule has 1 aromatic heterocycles. The third-order valence-electron chi connectivity index (χ3n) is 7.53. The van der Waals surface area contributed by atoms with E-state index in [4.69, 9.17) is 30.7 Å². The van der Waals surface area contributed by atoms with Gasteiger partial charge in [-0.15, -0.1) is 0 Å². The number of aromatic nitrogens is 2. The molecule has 3 aromatic rings. The Kier molecular flexibility index (Phi) is 9.00. The molecule has 14 heteroatoms. The lowest BCUT2D eigenvalue weighted by Crippen LogP contribution is -2.45. The van der Waals surface area contributed by atoms with Crippen LogP contribution in [0.4, 0.5) is 0 Å². The lowest BCUT2D eigenvalue weighted by Gasteiger charge is -2.28. The van der Waals surface area contributed by atoms with E-state index in [0.717, 1.165) is 31.1 Å². The number of benzene rings is 2. The van der Waals surface area contributed by atoms with Crippen molar-refractivity contribution in [2.24, 2.45) is 0 Å². The minimum absolute atomic E-state index is 0.0252. The van der Waals surface area contributed by atoms with Crippen LogP contribution in [-0.4, -0.2) is 62.3 Å². The minimum atomic E-state index is -4.33. The van der Waals surface area contributed by atoms with E-state index in [0.29, 0.717) is 5.39 Å². The van der Waals surface area contributed by atoms with Gasteiger partial charge in [-0.2, -0.15) is 5.09 Å². The number of hydrogen-bond donors (Lipinski definition) is 4. The Morgan fingerprint density at radius 2 is 1.95 bits per heavy atom. The van der Waals surface area contributed by atoms with Gasteiger partial charge in [-0.1, -0.05) is 36.4 Å². The molecule has 6 atom stereocenters. The van der Waals surface area contributed by atoms with E-state index in [1.807, 2.05) is 24.3 Å². The summed E-state index contributed by atoms with van der Waals surface area (Å²) >= 11 is 5.20. The molecule has 1 unspecified atom stereocenters. The molecule has 1 saturated heterocycles. The molecule has 1 saturated carbocycles. The average molecular weight is 620 g/mol. The number of fused-ring (bicyclic) bond motifs is 1. The van der Waals surface area contributed by atoms with Crippen molar-refractivity contribution in [2.45, 2.75) is 75.7 Å². The van der Waals surface area contributed by atoms with Crippen molar-refractivity contribution in [2.75, 3.05) is 6.61 Å². The second kappa shape index (κ2) is 12.4. The lowest BCUT2D eigenvalue weighted by molar-refractivity contribution is -0.150. The summed E-state index contributed by atoms with van der Waals surface area (Å²) in [7, 11) is -4.33. The van der Waals surface area contributed by atoms with Crippen molar-refractivity contribution >= 4 is 36.7 Å². The molecule has 2 heterocycles. The predicted octanol–water partition coefficient (Wildman–Crippen LogP) is 3.74. The van der Waals surface area contributed by atoms with Crippen LogP contribution in [0.5, 0.6) is 5.75 Å². The zero-order chi connectivity index (χ0) is 30.1. The predicted molar refractivity (Wildman–Crippen MR) is 156 cm³/mol. The molecule has 2 fully saturated rings. The van der Waals surface area contributed by atoms with Crippen LogP contribution in [0.1, 0.15) is 45.8 Å². The van der Waals surface area contributed by atoms with Crippen molar-refractivity contribution in [1.29, 1.82) is 0 Å². The fraction of sp³-hybridized carbons (Fsp3) is 0.464. The molecular weight excluding hydrogens is 585 g/mol. The maximum atomic E-state index is 14.2. The van der Waals surface area contributed by atoms with Crippen molar-refractivity contribution in [3.63, 3.8) is 0 Å². The Balaban J connectivity index is 1.38. The summed E-state index contributed by atoms with van der Waals surface area (Å²) in [5.74, 6) is -0.350. The number of H-pyrrole nitrogens is 1. The number of nitrogens with one attached hydrogen (secondary N) is 2. The van der Waals surface area contributed by atoms with Crippen molar-refractivity contribution in [1.82, 2.24) is 14.6 Å². The summed E-state index contributed by atoms with van der Waals surface area (Å²) in [6, 6.07) is 12.7. The summed E-state index contributed by atoms with van der Waals surface area (Å²) in [6.45, 7) is 2.35. The number of carbonyl (C=O) groups excluding carboxylic acids is 1. The summed E-state index contributed by atoms with van der Waals surface area (Å²) in [5.41, 5.74) is -2.30. The van der Waals surface area contributed by atoms with Gasteiger partial charge in [-0.3, -0.25) is 23.7 Å². The minimum Gasteiger partial charge on any atom is -0.461 e. The highest BCUT2D eigenvalue weighted by molar-refractivity contribution is 7.71. The van der Waals surface area contributed by atoms with Crippen molar-refractivity contribution < 1.29 is 38.1 Å². The van der Waals surface area contributed by atoms with Gasteiger partial charge in [0.1, 0.15) is 35.7 Å². The second-order valence-corrected chi connectivity index (χ2v) is 12.9. The zero-order valence-electron chi connectivity index (χ0n) is 23.2. The second-order valence-electron chi connectivity index (χ2n) is 10.8. The summed E-state index contributed by atoms with van der Waals surface area (Å²) < 4.78 is 38.7. The maximum absolute atomic E-state index is 14.2. The van der Waals surface area contributed by atoms with Gasteiger partial charge in [0.25, 0.3) is 5.56 Å². The third kappa shape index (κ3) is 6.52. The van der Waals surface area contributed by atoms with E-state index in [1.54, 1.807) is 18.2 Å². The van der Waals surface area contributed by atoms with Crippen LogP contribution in [0.2, 0.25) is 0 Å². The smallest absolute Gasteiger partial charge is 0.459 e. The quantitative estimate of drug-likeness (QED) is 0.149. The van der Waals surface area contributed by atoms with Crippen LogP contribution < -0.4 is 15.2 Å². The number of carbonyl (C=O) groups is 1. The molecular formula is C28H34N3O9PS. The first-order valence-corrected chi connectivity index (χ1v) is 15.7. The largest absolute Gasteiger partial charge is 0.461 e. The van der Waals surface area contributed by atoms with Gasteiger partial charge in [-0.25, -0.2) is 4.57 Å². The fourth-order valence-corrected chi connectivity index (χ4v) is 7.00. The Bertz CT molecular complexity index is 1600. The fourth-order valence-electron chi connectivity index (χ4n) is 5.22. The van der Waals surface area contributed by atoms with Gasteiger partial charge in [0.05, 0.1) is 6.61 Å². The summed E-state index contributed by atoms with van der Waals surface area (Å²) in [4.78, 5) is 26.9. The van der Waals surface area contributed by atoms with Crippen molar-refractivity contribution in [3.05, 3.63) is 69.9 Å². The molecule has 2 aromatic carbocycles. The van der Waals surface area contributed by atoms with Crippen molar-refractivity contribution in [3.8, 4) is 5.75 Å². The molecule has 0 bridgehead atoms. The topological polar surface area (TPSA) is 161 Å². The Hall–Kier alpha value is -2.90. The lowest BCUT2D eigenvalue weighted by atomic mass is 9.96. The summed E-state index contributed by atoms with van der Waals surface area (Å²) in [6.07, 6.45) is 0.753. The number of aliphatic hydroxyl groups excluding tert-OH is 1. The van der Waals surface area contributed by atoms with E-state index in [9.17, 15) is 24.4 Å². The maximum Gasteiger partial charge on any atom is 0.459 e. The van der Waals surface area contributed by atoms with Crippen LogP contribution in [0.25, 0.3) is 10.8 Å². The first-order valence-electron chi connectivity index (χ1n) is 13.7. The van der Waals surface area contributed by atoms with Gasteiger partial charge in [0, 0.05) is 17.6 Å². The molecule has 2 aliphatic rings. The van der Waals surface area contributed by atoms with Gasteiger partial charge < -0.3 is 24.2 Å². The van der Waals surface area contributed by atoms with E-state index in [-0.39, 0.29) is 16.6 Å². The molecule has 12 nitrogen and oxygen atoms in total. The Morgan fingerprint density at radius 1 is 1.24 bits per heavy atom. The normalized spacial score (nSPS) is 26.6. The van der Waals surface area contributed by atoms with Crippen LogP contribution in [0, 0.1) is 4.77 Å². The molecule has 0 radical (unpaired) electrons. The highest BCUT2D eigenvalue weighted by atomic mass is 32.1. The molecule has 0 spiro atoms. The van der Waals surface area contributed by atoms with Gasteiger partial charge in [-0.05, 0) is 63.2 Å². The number of rotatable bonds is 10. The van der Waals surface area contributed by atoms with Gasteiger partial charge in [0.2, 0.25) is 0 Å². The van der Waals surface area contributed by atoms with Crippen LogP contribution in [0.3, 0.4) is 0 Å². The standard InChI is InChI=1S/C28H34N3O9PS/c1-17(25(34)38-19-10-4-5-11-19)30-41(36,40-21-13-7-9-18-8-3-6-12-20(18)21)37-16-22-24(33)28(2,35)26(39-22)31-15-14-23(32)29-27(31)42/h3,6-9,12-15,17,19,22,24,26,33,35H,4-5,10-11,16H2,1-2H3,(H,30,36)(H,29,32,42)/t17-,22+,24-,26+,28?,41-/m0/s1. The first-order chi connectivity index (χ1) is 20.0. The monoisotopic (exact) mass is 619 g/mol. The van der Waals surface area contributed by atoms with Gasteiger partial charge in [0.15, 0.2) is 11.0 Å². The molecule has 42 heavy (non-hydrogen) atoms. The van der Waals surface area contributed by atoms with E-state index in [1.165, 1.54) is 30.7 Å². The van der Waals surface area contributed by atoms with Crippen LogP contribution >= 0.6 is 20.0 Å². The number of nitrogens with zero attached hydrogens (tertiary/aromatic N) is 1. The highest BCUT2D eigenvalue weighted by Gasteiger charge is 2.54. The number of ether oxygens (including phenoxy) is 2. The molecule has 0 amide bonds. The Morgan fingerprint density at radius 3 is 2.69 bits per heavy atom. The summed E-state index contributed by atoms with van der Waals surface area (Å²) in [5, 5.41) is 26.2. The van der Waals surface area contributed by atoms with Gasteiger partial charge >= 0.3 is 13.7 Å². The molecule has 1 aliphatic carbocycles. The molecule has 4 N–H and O–H groups in total. The molecule has 1 aliphatic heterocycles. The Labute approximate surface area is 247 Å². The average Bonchev–Trinajstić information content (AvgIpc) is 3.54. The number of aromatic amines is 1. The molecule has 226 valence electrons.